The van der Waals surface area contributed by atoms with Crippen LogP contribution in [0.1, 0.15) is 45.4 Å². The number of aromatic nitrogens is 3. The van der Waals surface area contributed by atoms with Crippen LogP contribution >= 0.6 is 0 Å². The maximum absolute atomic E-state index is 12.6. The second kappa shape index (κ2) is 6.27. The van der Waals surface area contributed by atoms with Crippen LogP contribution in [0.4, 0.5) is 0 Å². The lowest BCUT2D eigenvalue weighted by Gasteiger charge is -2.51. The molecule has 4 heterocycles. The largest absolute Gasteiger partial charge is 0.346 e. The van der Waals surface area contributed by atoms with Crippen LogP contribution in [-0.4, -0.2) is 50.8 Å². The fourth-order valence-corrected chi connectivity index (χ4v) is 4.69. The molecule has 1 aromatic heterocycles. The summed E-state index contributed by atoms with van der Waals surface area (Å²) in [5, 5.41) is 7.94. The summed E-state index contributed by atoms with van der Waals surface area (Å²) >= 11 is 0. The lowest BCUT2D eigenvalue weighted by atomic mass is 9.68. The number of carbonyl (C=O) groups excluding carboxylic acids is 1. The predicted octanol–water partition coefficient (Wildman–Crippen LogP) is 0.618. The molecule has 138 valence electrons. The highest BCUT2D eigenvalue weighted by Crippen LogP contribution is 2.37. The Labute approximate surface area is 148 Å². The summed E-state index contributed by atoms with van der Waals surface area (Å²) in [4.78, 5) is 26.9. The van der Waals surface area contributed by atoms with E-state index in [2.05, 4.69) is 24.3 Å². The molecule has 1 amide bonds. The number of hydrogen-bond acceptors (Lipinski definition) is 4. The van der Waals surface area contributed by atoms with E-state index in [-0.39, 0.29) is 18.1 Å². The van der Waals surface area contributed by atoms with Gasteiger partial charge in [-0.3, -0.25) is 9.36 Å². The number of amides is 1. The molecule has 7 nitrogen and oxygen atoms in total. The van der Waals surface area contributed by atoms with Crippen molar-refractivity contribution in [3.05, 3.63) is 16.3 Å². The average molecular weight is 347 g/mol. The number of likely N-dealkylation sites (tertiary alicyclic amines) is 1. The minimum atomic E-state index is -0.127. The topological polar surface area (TPSA) is 72.2 Å². The molecule has 0 bridgehead atoms. The van der Waals surface area contributed by atoms with Crippen LogP contribution in [0.3, 0.4) is 0 Å². The second-order valence-corrected chi connectivity index (χ2v) is 8.53. The third kappa shape index (κ3) is 3.03. The highest BCUT2D eigenvalue weighted by atomic mass is 16.2. The average Bonchev–Trinajstić information content (AvgIpc) is 2.91. The predicted molar refractivity (Wildman–Crippen MR) is 94.3 cm³/mol. The summed E-state index contributed by atoms with van der Waals surface area (Å²) in [5.74, 6) is 1.51. The van der Waals surface area contributed by atoms with Gasteiger partial charge in [0.25, 0.3) is 0 Å². The van der Waals surface area contributed by atoms with Crippen LogP contribution in [0.5, 0.6) is 0 Å². The quantitative estimate of drug-likeness (QED) is 0.870. The SMILES string of the molecule is CC1(C)CNC1C1CCN(C(=O)Cn2nc3n(c2=O)CCCC3)CC1. The lowest BCUT2D eigenvalue weighted by Crippen LogP contribution is -2.64. The lowest BCUT2D eigenvalue weighted by molar-refractivity contribution is -0.134. The standard InChI is InChI=1S/C18H29N5O2/c1-18(2)12-19-16(18)13-6-9-21(10-7-13)15(24)11-23-17(25)22-8-4-3-5-14(22)20-23/h13,16,19H,3-12H2,1-2H3. The van der Waals surface area contributed by atoms with Gasteiger partial charge in [0.15, 0.2) is 0 Å². The van der Waals surface area contributed by atoms with E-state index in [4.69, 9.17) is 0 Å². The fourth-order valence-electron chi connectivity index (χ4n) is 4.69. The summed E-state index contributed by atoms with van der Waals surface area (Å²) in [5.41, 5.74) is 0.248. The minimum Gasteiger partial charge on any atom is -0.341 e. The van der Waals surface area contributed by atoms with Crippen LogP contribution in [0.2, 0.25) is 0 Å². The zero-order valence-corrected chi connectivity index (χ0v) is 15.3. The number of nitrogens with one attached hydrogen (secondary N) is 1. The van der Waals surface area contributed by atoms with Crippen LogP contribution in [0, 0.1) is 11.3 Å². The third-order valence-electron chi connectivity index (χ3n) is 6.30. The Morgan fingerprint density at radius 1 is 1.24 bits per heavy atom. The minimum absolute atomic E-state index is 0.0248. The summed E-state index contributed by atoms with van der Waals surface area (Å²) < 4.78 is 3.10. The number of hydrogen-bond donors (Lipinski definition) is 1. The van der Waals surface area contributed by atoms with Crippen molar-refractivity contribution in [2.45, 2.75) is 65.1 Å². The first-order valence-corrected chi connectivity index (χ1v) is 9.63. The molecular weight excluding hydrogens is 318 g/mol. The molecular formula is C18H29N5O2. The fraction of sp³-hybridized carbons (Fsp3) is 0.833. The Morgan fingerprint density at radius 3 is 2.60 bits per heavy atom. The van der Waals surface area contributed by atoms with Gasteiger partial charge < -0.3 is 10.2 Å². The molecule has 25 heavy (non-hydrogen) atoms. The van der Waals surface area contributed by atoms with Crippen molar-refractivity contribution in [3.63, 3.8) is 0 Å². The molecule has 3 aliphatic rings. The van der Waals surface area contributed by atoms with E-state index in [9.17, 15) is 9.59 Å². The molecule has 0 spiro atoms. The van der Waals surface area contributed by atoms with Crippen molar-refractivity contribution in [1.29, 1.82) is 0 Å². The second-order valence-electron chi connectivity index (χ2n) is 8.53. The Bertz CT molecular complexity index is 712. The number of piperidine rings is 1. The van der Waals surface area contributed by atoms with Gasteiger partial charge in [-0.05, 0) is 37.0 Å². The van der Waals surface area contributed by atoms with Crippen LogP contribution < -0.4 is 11.0 Å². The van der Waals surface area contributed by atoms with Gasteiger partial charge in [-0.1, -0.05) is 13.8 Å². The third-order valence-corrected chi connectivity index (χ3v) is 6.30. The molecule has 4 rings (SSSR count). The first-order valence-electron chi connectivity index (χ1n) is 9.63. The van der Waals surface area contributed by atoms with E-state index in [1.165, 1.54) is 4.68 Å². The van der Waals surface area contributed by atoms with E-state index in [1.54, 1.807) is 4.57 Å². The molecule has 1 unspecified atom stereocenters. The molecule has 0 saturated carbocycles. The number of carbonyl (C=O) groups is 1. The molecule has 7 heteroatoms. The van der Waals surface area contributed by atoms with Gasteiger partial charge in [0.05, 0.1) is 0 Å². The molecule has 1 atom stereocenters. The van der Waals surface area contributed by atoms with Gasteiger partial charge in [0, 0.05) is 38.6 Å². The van der Waals surface area contributed by atoms with Crippen LogP contribution in [-0.2, 0) is 24.3 Å². The van der Waals surface area contributed by atoms with Gasteiger partial charge in [-0.2, -0.15) is 5.10 Å². The first kappa shape index (κ1) is 16.8. The van der Waals surface area contributed by atoms with Gasteiger partial charge in [0.1, 0.15) is 12.4 Å². The Morgan fingerprint density at radius 2 is 2.00 bits per heavy atom. The van der Waals surface area contributed by atoms with Crippen molar-refractivity contribution in [2.24, 2.45) is 11.3 Å². The molecule has 0 radical (unpaired) electrons. The van der Waals surface area contributed by atoms with E-state index in [1.807, 2.05) is 4.90 Å². The van der Waals surface area contributed by atoms with Crippen LogP contribution in [0.15, 0.2) is 4.79 Å². The zero-order valence-electron chi connectivity index (χ0n) is 15.3. The molecule has 0 aliphatic carbocycles. The molecule has 2 saturated heterocycles. The summed E-state index contributed by atoms with van der Waals surface area (Å²) in [7, 11) is 0. The van der Waals surface area contributed by atoms with Crippen LogP contribution in [0.25, 0.3) is 0 Å². The summed E-state index contributed by atoms with van der Waals surface area (Å²) in [6.07, 6.45) is 5.02. The highest BCUT2D eigenvalue weighted by molar-refractivity contribution is 5.75. The van der Waals surface area contributed by atoms with Crippen molar-refractivity contribution in [2.75, 3.05) is 19.6 Å². The molecule has 2 fully saturated rings. The van der Waals surface area contributed by atoms with Crippen molar-refractivity contribution < 1.29 is 4.79 Å². The van der Waals surface area contributed by atoms with Gasteiger partial charge in [0.2, 0.25) is 5.91 Å². The Balaban J connectivity index is 1.35. The van der Waals surface area contributed by atoms with E-state index in [0.717, 1.165) is 64.1 Å². The Kier molecular flexibility index (Phi) is 4.22. The monoisotopic (exact) mass is 347 g/mol. The molecule has 1 N–H and O–H groups in total. The zero-order chi connectivity index (χ0) is 17.6. The van der Waals surface area contributed by atoms with Gasteiger partial charge in [-0.25, -0.2) is 9.48 Å². The number of rotatable bonds is 3. The number of nitrogens with zero attached hydrogens (tertiary/aromatic N) is 4. The summed E-state index contributed by atoms with van der Waals surface area (Å²) in [6.45, 7) is 8.12. The number of fused-ring (bicyclic) bond motifs is 1. The van der Waals surface area contributed by atoms with Gasteiger partial charge in [-0.15, -0.1) is 0 Å². The van der Waals surface area contributed by atoms with E-state index >= 15 is 0 Å². The maximum Gasteiger partial charge on any atom is 0.346 e. The highest BCUT2D eigenvalue weighted by Gasteiger charge is 2.43. The molecule has 0 aromatic carbocycles. The normalized spacial score (nSPS) is 26.2. The van der Waals surface area contributed by atoms with Crippen molar-refractivity contribution in [1.82, 2.24) is 24.6 Å². The first-order chi connectivity index (χ1) is 12.0. The smallest absolute Gasteiger partial charge is 0.341 e. The summed E-state index contributed by atoms with van der Waals surface area (Å²) in [6, 6.07) is 0.576. The van der Waals surface area contributed by atoms with Crippen molar-refractivity contribution in [3.8, 4) is 0 Å². The van der Waals surface area contributed by atoms with E-state index in [0.29, 0.717) is 17.4 Å². The van der Waals surface area contributed by atoms with E-state index < -0.39 is 0 Å². The van der Waals surface area contributed by atoms with Crippen molar-refractivity contribution >= 4 is 5.91 Å². The van der Waals surface area contributed by atoms with Gasteiger partial charge >= 0.3 is 5.69 Å². The maximum atomic E-state index is 12.6. The molecule has 3 aliphatic heterocycles. The number of aryl methyl sites for hydroxylation is 1. The molecule has 1 aromatic rings. The Hall–Kier alpha value is -1.63.